The number of hydrogen-bond donors (Lipinski definition) is 2. The molecule has 1 aliphatic heterocycles. The number of hydrogen-bond acceptors (Lipinski definition) is 6. The van der Waals surface area contributed by atoms with Crippen LogP contribution < -0.4 is 10.6 Å². The van der Waals surface area contributed by atoms with Crippen molar-refractivity contribution in [3.8, 4) is 0 Å². The molecule has 3 heterocycles. The van der Waals surface area contributed by atoms with Crippen LogP contribution in [-0.2, 0) is 30.7 Å². The SMILES string of the molecule is CCNC(=NCCc1c(C)noc1C)NC1CCc2nc(COC)nn2C1.I. The second kappa shape index (κ2) is 10.7. The van der Waals surface area contributed by atoms with E-state index in [9.17, 15) is 0 Å². The van der Waals surface area contributed by atoms with Gasteiger partial charge in [0.25, 0.3) is 0 Å². The van der Waals surface area contributed by atoms with Crippen LogP contribution in [0, 0.1) is 13.8 Å². The molecule has 0 bridgehead atoms. The molecule has 0 aliphatic carbocycles. The van der Waals surface area contributed by atoms with E-state index >= 15 is 0 Å². The lowest BCUT2D eigenvalue weighted by molar-refractivity contribution is 0.177. The quantitative estimate of drug-likeness (QED) is 0.337. The van der Waals surface area contributed by atoms with Crippen LogP contribution in [-0.4, -0.2) is 52.1 Å². The topological polar surface area (TPSA) is 102 Å². The summed E-state index contributed by atoms with van der Waals surface area (Å²) in [5, 5.41) is 15.4. The summed E-state index contributed by atoms with van der Waals surface area (Å²) in [7, 11) is 1.66. The molecule has 156 valence electrons. The molecule has 0 aromatic carbocycles. The second-order valence-corrected chi connectivity index (χ2v) is 6.75. The monoisotopic (exact) mass is 503 g/mol. The lowest BCUT2D eigenvalue weighted by Crippen LogP contribution is -2.47. The maximum Gasteiger partial charge on any atom is 0.191 e. The van der Waals surface area contributed by atoms with Crippen LogP contribution in [0.5, 0.6) is 0 Å². The van der Waals surface area contributed by atoms with Crippen LogP contribution in [0.4, 0.5) is 0 Å². The predicted molar refractivity (Wildman–Crippen MR) is 117 cm³/mol. The third-order valence-electron chi connectivity index (χ3n) is 4.67. The standard InChI is InChI=1S/C18H29N7O2.HI/c1-5-19-18(20-9-8-15-12(2)24-27-13(15)3)21-14-6-7-17-22-16(11-26-4)23-25(17)10-14;/h14H,5-11H2,1-4H3,(H2,19,20,21);1H. The van der Waals surface area contributed by atoms with Crippen molar-refractivity contribution in [2.24, 2.45) is 4.99 Å². The van der Waals surface area contributed by atoms with E-state index in [-0.39, 0.29) is 30.0 Å². The average molecular weight is 503 g/mol. The molecule has 0 amide bonds. The minimum atomic E-state index is 0. The molecule has 0 spiro atoms. The molecular weight excluding hydrogens is 473 g/mol. The van der Waals surface area contributed by atoms with Crippen molar-refractivity contribution in [3.63, 3.8) is 0 Å². The number of rotatable bonds is 7. The molecule has 2 N–H and O–H groups in total. The number of nitrogens with one attached hydrogen (secondary N) is 2. The van der Waals surface area contributed by atoms with Crippen molar-refractivity contribution in [1.82, 2.24) is 30.6 Å². The Labute approximate surface area is 182 Å². The van der Waals surface area contributed by atoms with Gasteiger partial charge in [-0.1, -0.05) is 5.16 Å². The van der Waals surface area contributed by atoms with Crippen molar-refractivity contribution in [3.05, 3.63) is 28.7 Å². The molecule has 0 radical (unpaired) electrons. The maximum absolute atomic E-state index is 5.22. The lowest BCUT2D eigenvalue weighted by atomic mass is 10.1. The van der Waals surface area contributed by atoms with Gasteiger partial charge in [-0.3, -0.25) is 4.99 Å². The Bertz CT molecular complexity index is 767. The number of nitrogens with zero attached hydrogens (tertiary/aromatic N) is 5. The first kappa shape index (κ1) is 22.6. The largest absolute Gasteiger partial charge is 0.377 e. The van der Waals surface area contributed by atoms with E-state index in [1.54, 1.807) is 7.11 Å². The zero-order valence-electron chi connectivity index (χ0n) is 17.0. The van der Waals surface area contributed by atoms with Gasteiger partial charge < -0.3 is 19.9 Å². The summed E-state index contributed by atoms with van der Waals surface area (Å²) in [6.07, 6.45) is 2.71. The molecule has 9 nitrogen and oxygen atoms in total. The van der Waals surface area contributed by atoms with Gasteiger partial charge in [-0.05, 0) is 33.6 Å². The van der Waals surface area contributed by atoms with Crippen molar-refractivity contribution < 1.29 is 9.26 Å². The summed E-state index contributed by atoms with van der Waals surface area (Å²) in [6, 6.07) is 0.270. The molecule has 2 aromatic rings. The molecule has 0 saturated heterocycles. The molecule has 28 heavy (non-hydrogen) atoms. The number of methoxy groups -OCH3 is 1. The van der Waals surface area contributed by atoms with Crippen molar-refractivity contribution in [2.45, 2.75) is 59.2 Å². The lowest BCUT2D eigenvalue weighted by Gasteiger charge is -2.25. The van der Waals surface area contributed by atoms with Crippen molar-refractivity contribution in [1.29, 1.82) is 0 Å². The fourth-order valence-electron chi connectivity index (χ4n) is 3.32. The number of aromatic nitrogens is 4. The number of guanidine groups is 1. The summed E-state index contributed by atoms with van der Waals surface area (Å²) in [6.45, 7) is 8.70. The molecule has 0 saturated carbocycles. The Balaban J connectivity index is 0.00000280. The molecule has 1 unspecified atom stereocenters. The van der Waals surface area contributed by atoms with E-state index in [0.717, 1.165) is 67.0 Å². The third-order valence-corrected chi connectivity index (χ3v) is 4.67. The minimum Gasteiger partial charge on any atom is -0.377 e. The van der Waals surface area contributed by atoms with Crippen LogP contribution in [0.1, 0.15) is 42.0 Å². The van der Waals surface area contributed by atoms with E-state index in [1.165, 1.54) is 0 Å². The summed E-state index contributed by atoms with van der Waals surface area (Å²) in [4.78, 5) is 9.24. The highest BCUT2D eigenvalue weighted by atomic mass is 127. The van der Waals surface area contributed by atoms with Gasteiger partial charge in [-0.2, -0.15) is 5.10 Å². The highest BCUT2D eigenvalue weighted by Crippen LogP contribution is 2.14. The summed E-state index contributed by atoms with van der Waals surface area (Å²) in [5.74, 6) is 3.47. The van der Waals surface area contributed by atoms with Gasteiger partial charge in [0.2, 0.25) is 0 Å². The first-order valence-electron chi connectivity index (χ1n) is 9.48. The van der Waals surface area contributed by atoms with Gasteiger partial charge >= 0.3 is 0 Å². The molecular formula is C18H30IN7O2. The summed E-state index contributed by atoms with van der Waals surface area (Å²) >= 11 is 0. The van der Waals surface area contributed by atoms with E-state index in [1.807, 2.05) is 18.5 Å². The zero-order chi connectivity index (χ0) is 19.2. The number of aliphatic imine (C=N–C) groups is 1. The number of halogens is 1. The Morgan fingerprint density at radius 1 is 1.39 bits per heavy atom. The van der Waals surface area contributed by atoms with E-state index < -0.39 is 0 Å². The predicted octanol–water partition coefficient (Wildman–Crippen LogP) is 1.76. The van der Waals surface area contributed by atoms with Crippen molar-refractivity contribution >= 4 is 29.9 Å². The van der Waals surface area contributed by atoms with Gasteiger partial charge in [-0.25, -0.2) is 9.67 Å². The van der Waals surface area contributed by atoms with E-state index in [0.29, 0.717) is 13.2 Å². The molecule has 0 fully saturated rings. The van der Waals surface area contributed by atoms with Gasteiger partial charge in [-0.15, -0.1) is 24.0 Å². The number of ether oxygens (including phenoxy) is 1. The highest BCUT2D eigenvalue weighted by molar-refractivity contribution is 14.0. The first-order valence-corrected chi connectivity index (χ1v) is 9.48. The van der Waals surface area contributed by atoms with Crippen LogP contribution in [0.25, 0.3) is 0 Å². The van der Waals surface area contributed by atoms with Crippen LogP contribution in [0.3, 0.4) is 0 Å². The number of fused-ring (bicyclic) bond motifs is 1. The van der Waals surface area contributed by atoms with Crippen LogP contribution in [0.2, 0.25) is 0 Å². The zero-order valence-corrected chi connectivity index (χ0v) is 19.3. The Morgan fingerprint density at radius 3 is 2.89 bits per heavy atom. The first-order chi connectivity index (χ1) is 13.1. The highest BCUT2D eigenvalue weighted by Gasteiger charge is 2.22. The molecule has 2 aromatic heterocycles. The smallest absolute Gasteiger partial charge is 0.191 e. The Morgan fingerprint density at radius 2 is 2.21 bits per heavy atom. The summed E-state index contributed by atoms with van der Waals surface area (Å²) in [5.41, 5.74) is 2.09. The Kier molecular flexibility index (Phi) is 8.67. The van der Waals surface area contributed by atoms with Gasteiger partial charge in [0.1, 0.15) is 18.2 Å². The van der Waals surface area contributed by atoms with E-state index in [2.05, 4.69) is 32.8 Å². The molecule has 10 heteroatoms. The average Bonchev–Trinajstić information content (AvgIpc) is 3.18. The Hall–Kier alpha value is -1.69. The normalized spacial score (nSPS) is 16.4. The maximum atomic E-state index is 5.22. The minimum absolute atomic E-state index is 0. The summed E-state index contributed by atoms with van der Waals surface area (Å²) < 4.78 is 12.3. The third kappa shape index (κ3) is 5.66. The van der Waals surface area contributed by atoms with Crippen LogP contribution >= 0.6 is 24.0 Å². The van der Waals surface area contributed by atoms with Gasteiger partial charge in [0.15, 0.2) is 11.8 Å². The van der Waals surface area contributed by atoms with Crippen LogP contribution in [0.15, 0.2) is 9.52 Å². The van der Waals surface area contributed by atoms with Gasteiger partial charge in [0, 0.05) is 38.2 Å². The molecule has 3 rings (SSSR count). The molecule has 1 atom stereocenters. The van der Waals surface area contributed by atoms with Crippen molar-refractivity contribution in [2.75, 3.05) is 20.2 Å². The molecule has 1 aliphatic rings. The fourth-order valence-corrected chi connectivity index (χ4v) is 3.32. The van der Waals surface area contributed by atoms with E-state index in [4.69, 9.17) is 14.3 Å². The number of aryl methyl sites for hydroxylation is 3. The fraction of sp³-hybridized carbons (Fsp3) is 0.667. The van der Waals surface area contributed by atoms with Gasteiger partial charge in [0.05, 0.1) is 12.2 Å². The second-order valence-electron chi connectivity index (χ2n) is 6.75.